The molecule has 1 aromatic heterocycles. The van der Waals surface area contributed by atoms with E-state index in [0.717, 1.165) is 23.2 Å². The van der Waals surface area contributed by atoms with Gasteiger partial charge in [0.25, 0.3) is 0 Å². The molecule has 0 saturated carbocycles. The van der Waals surface area contributed by atoms with E-state index in [9.17, 15) is 4.79 Å². The van der Waals surface area contributed by atoms with Crippen LogP contribution in [0.4, 0.5) is 16.3 Å². The number of nitrogens with zero attached hydrogens (tertiary/aromatic N) is 2. The molecule has 0 saturated heterocycles. The van der Waals surface area contributed by atoms with Gasteiger partial charge in [-0.05, 0) is 75.6 Å². The van der Waals surface area contributed by atoms with Gasteiger partial charge in [0.1, 0.15) is 11.4 Å². The first-order valence-corrected chi connectivity index (χ1v) is 11.0. The second kappa shape index (κ2) is 10.7. The van der Waals surface area contributed by atoms with Crippen LogP contribution in [0.15, 0.2) is 83.5 Å². The summed E-state index contributed by atoms with van der Waals surface area (Å²) in [6.45, 7) is 7.11. The summed E-state index contributed by atoms with van der Waals surface area (Å²) >= 11 is 0. The number of amidine groups is 1. The van der Waals surface area contributed by atoms with Crippen LogP contribution >= 0.6 is 0 Å². The molecule has 0 fully saturated rings. The number of aliphatic imine (C=N–C) groups is 1. The van der Waals surface area contributed by atoms with E-state index < -0.39 is 11.7 Å². The molecule has 0 unspecified atom stereocenters. The lowest BCUT2D eigenvalue weighted by atomic mass is 10.0. The Bertz CT molecular complexity index is 1210. The molecule has 0 spiro atoms. The molecule has 0 radical (unpaired) electrons. The van der Waals surface area contributed by atoms with Gasteiger partial charge < -0.3 is 16.2 Å². The number of carbonyl (C=O) groups excluding carboxylic acids is 1. The number of amides is 1. The molecule has 0 aliphatic rings. The van der Waals surface area contributed by atoms with Crippen molar-refractivity contribution in [3.63, 3.8) is 0 Å². The molecule has 0 atom stereocenters. The highest BCUT2D eigenvalue weighted by molar-refractivity contribution is 5.94. The Kier molecular flexibility index (Phi) is 7.68. The largest absolute Gasteiger partial charge is 0.444 e. The minimum Gasteiger partial charge on any atom is -0.444 e. The molecule has 3 aromatic rings. The fraction of sp³-hybridized carbons (Fsp3) is 0.222. The number of allylic oxidation sites excluding steroid dienone is 1. The number of benzene rings is 2. The fourth-order valence-corrected chi connectivity index (χ4v) is 3.29. The van der Waals surface area contributed by atoms with Gasteiger partial charge in [0.2, 0.25) is 0 Å². The second-order valence-electron chi connectivity index (χ2n) is 9.00. The first-order chi connectivity index (χ1) is 16.1. The van der Waals surface area contributed by atoms with Gasteiger partial charge in [-0.1, -0.05) is 42.5 Å². The molecule has 176 valence electrons. The number of aromatic nitrogens is 1. The van der Waals surface area contributed by atoms with Crippen molar-refractivity contribution < 1.29 is 9.53 Å². The minimum atomic E-state index is -0.593. The zero-order valence-corrected chi connectivity index (χ0v) is 20.0. The van der Waals surface area contributed by atoms with Crippen molar-refractivity contribution in [2.75, 3.05) is 5.73 Å². The summed E-state index contributed by atoms with van der Waals surface area (Å²) in [5.41, 5.74) is 16.6. The topological polar surface area (TPSA) is 116 Å². The number of alkyl carbamates (subject to hydrolysis) is 1. The highest BCUT2D eigenvalue weighted by atomic mass is 16.6. The Labute approximate surface area is 200 Å². The van der Waals surface area contributed by atoms with Crippen LogP contribution in [0.3, 0.4) is 0 Å². The summed E-state index contributed by atoms with van der Waals surface area (Å²) in [5, 5.41) is 2.65. The normalized spacial score (nSPS) is 12.4. The van der Waals surface area contributed by atoms with E-state index in [4.69, 9.17) is 16.2 Å². The first kappa shape index (κ1) is 24.5. The molecule has 34 heavy (non-hydrogen) atoms. The lowest BCUT2D eigenvalue weighted by Crippen LogP contribution is -2.31. The van der Waals surface area contributed by atoms with Crippen molar-refractivity contribution in [2.24, 2.45) is 10.7 Å². The van der Waals surface area contributed by atoms with Gasteiger partial charge in [0, 0.05) is 16.9 Å². The van der Waals surface area contributed by atoms with Crippen molar-refractivity contribution in [2.45, 2.75) is 39.7 Å². The number of nitrogens with two attached hydrogens (primary N) is 2. The molecular weight excluding hydrogens is 426 g/mol. The van der Waals surface area contributed by atoms with E-state index in [-0.39, 0.29) is 5.84 Å². The third-order valence-corrected chi connectivity index (χ3v) is 4.61. The zero-order valence-electron chi connectivity index (χ0n) is 20.0. The SMILES string of the molecule is C/C(=C/C(N)=N\c1cc(Cc2ccccc2)cc(-c2cccc(N)c2)n1)NC(=O)OC(C)(C)C. The summed E-state index contributed by atoms with van der Waals surface area (Å²) in [6, 6.07) is 21.7. The van der Waals surface area contributed by atoms with Crippen LogP contribution < -0.4 is 16.8 Å². The molecule has 1 heterocycles. The van der Waals surface area contributed by atoms with E-state index in [1.165, 1.54) is 5.56 Å². The summed E-state index contributed by atoms with van der Waals surface area (Å²) in [4.78, 5) is 21.1. The standard InChI is InChI=1S/C27H31N5O2/c1-18(30-26(33)34-27(2,3)4)13-24(29)32-25-16-20(14-19-9-6-5-7-10-19)15-23(31-25)21-11-8-12-22(28)17-21/h5-13,15-17H,14,28H2,1-4H3,(H,30,33)(H2,29,31,32)/b18-13-. The Morgan fingerprint density at radius 1 is 1.06 bits per heavy atom. The average molecular weight is 458 g/mol. The predicted molar refractivity (Wildman–Crippen MR) is 138 cm³/mol. The number of nitrogens with one attached hydrogen (secondary N) is 1. The van der Waals surface area contributed by atoms with Gasteiger partial charge in [0.05, 0.1) is 5.69 Å². The lowest BCUT2D eigenvalue weighted by molar-refractivity contribution is 0.0546. The number of pyridine rings is 1. The maximum Gasteiger partial charge on any atom is 0.411 e. The molecule has 2 aromatic carbocycles. The van der Waals surface area contributed by atoms with Gasteiger partial charge in [-0.2, -0.15) is 0 Å². The van der Waals surface area contributed by atoms with Crippen molar-refractivity contribution in [3.05, 3.63) is 89.6 Å². The molecule has 0 bridgehead atoms. The Hall–Kier alpha value is -4.13. The third-order valence-electron chi connectivity index (χ3n) is 4.61. The van der Waals surface area contributed by atoms with Crippen LogP contribution in [-0.2, 0) is 11.2 Å². The number of hydrogen-bond acceptors (Lipinski definition) is 5. The van der Waals surface area contributed by atoms with Crippen LogP contribution in [0.25, 0.3) is 11.3 Å². The number of nitrogen functional groups attached to an aromatic ring is 1. The molecule has 1 amide bonds. The molecule has 3 rings (SSSR count). The summed E-state index contributed by atoms with van der Waals surface area (Å²) < 4.78 is 5.26. The van der Waals surface area contributed by atoms with Crippen molar-refractivity contribution in [1.29, 1.82) is 0 Å². The molecular formula is C27H31N5O2. The quantitative estimate of drug-likeness (QED) is 0.262. The highest BCUT2D eigenvalue weighted by Crippen LogP contribution is 2.25. The maximum absolute atomic E-state index is 12.0. The molecule has 5 N–H and O–H groups in total. The van der Waals surface area contributed by atoms with E-state index >= 15 is 0 Å². The van der Waals surface area contributed by atoms with Crippen LogP contribution in [0.1, 0.15) is 38.8 Å². The summed E-state index contributed by atoms with van der Waals surface area (Å²) in [5.74, 6) is 0.668. The molecule has 7 nitrogen and oxygen atoms in total. The number of rotatable bonds is 6. The van der Waals surface area contributed by atoms with Crippen LogP contribution in [-0.4, -0.2) is 22.5 Å². The zero-order chi connectivity index (χ0) is 24.7. The highest BCUT2D eigenvalue weighted by Gasteiger charge is 2.16. The molecule has 0 aliphatic heterocycles. The summed E-state index contributed by atoms with van der Waals surface area (Å²) in [6.07, 6.45) is 1.73. The van der Waals surface area contributed by atoms with Crippen LogP contribution in [0, 0.1) is 0 Å². The van der Waals surface area contributed by atoms with Gasteiger partial charge in [-0.3, -0.25) is 5.32 Å². The van der Waals surface area contributed by atoms with Gasteiger partial charge in [0.15, 0.2) is 5.82 Å². The monoisotopic (exact) mass is 457 g/mol. The summed E-state index contributed by atoms with van der Waals surface area (Å²) in [7, 11) is 0. The van der Waals surface area contributed by atoms with Gasteiger partial charge in [-0.15, -0.1) is 0 Å². The number of anilines is 1. The van der Waals surface area contributed by atoms with Crippen molar-refractivity contribution >= 4 is 23.4 Å². The number of ether oxygens (including phenoxy) is 1. The van der Waals surface area contributed by atoms with Crippen LogP contribution in [0.2, 0.25) is 0 Å². The smallest absolute Gasteiger partial charge is 0.411 e. The van der Waals surface area contributed by atoms with E-state index in [1.54, 1.807) is 33.8 Å². The fourth-order valence-electron chi connectivity index (χ4n) is 3.29. The first-order valence-electron chi connectivity index (χ1n) is 11.0. The molecule has 7 heteroatoms. The Morgan fingerprint density at radius 3 is 2.47 bits per heavy atom. The number of carbonyl (C=O) groups is 1. The molecule has 0 aliphatic carbocycles. The van der Waals surface area contributed by atoms with Gasteiger partial charge in [-0.25, -0.2) is 14.8 Å². The van der Waals surface area contributed by atoms with E-state index in [0.29, 0.717) is 17.2 Å². The van der Waals surface area contributed by atoms with Crippen molar-refractivity contribution in [3.8, 4) is 11.3 Å². The predicted octanol–water partition coefficient (Wildman–Crippen LogP) is 5.34. The Morgan fingerprint density at radius 2 is 1.79 bits per heavy atom. The third kappa shape index (κ3) is 7.78. The van der Waals surface area contributed by atoms with E-state index in [2.05, 4.69) is 27.4 Å². The minimum absolute atomic E-state index is 0.205. The van der Waals surface area contributed by atoms with Crippen LogP contribution in [0.5, 0.6) is 0 Å². The maximum atomic E-state index is 12.0. The number of hydrogen-bond donors (Lipinski definition) is 3. The van der Waals surface area contributed by atoms with E-state index in [1.807, 2.05) is 54.6 Å². The van der Waals surface area contributed by atoms with Gasteiger partial charge >= 0.3 is 6.09 Å². The Balaban J connectivity index is 1.91. The lowest BCUT2D eigenvalue weighted by Gasteiger charge is -2.19. The second-order valence-corrected chi connectivity index (χ2v) is 9.00. The van der Waals surface area contributed by atoms with Crippen molar-refractivity contribution in [1.82, 2.24) is 10.3 Å². The average Bonchev–Trinajstić information content (AvgIpc) is 2.72.